The summed E-state index contributed by atoms with van der Waals surface area (Å²) in [6.45, 7) is 0.569. The largest absolute Gasteiger partial charge is 0.309 e. The quantitative estimate of drug-likeness (QED) is 0.879. The highest BCUT2D eigenvalue weighted by molar-refractivity contribution is 5.85. The van der Waals surface area contributed by atoms with Crippen LogP contribution in [0.5, 0.6) is 0 Å². The van der Waals surface area contributed by atoms with E-state index in [9.17, 15) is 4.39 Å². The summed E-state index contributed by atoms with van der Waals surface area (Å²) in [4.78, 5) is 3.68. The number of halogens is 2. The lowest BCUT2D eigenvalue weighted by atomic mass is 10.1. The standard InChI is InChI=1S/C16H15FN2.ClH/c17-16-11(5-3-7-18-16)9-19-15-13-8-10-4-1-2-6-12(10)14(13)15;/h1-7,13-15,19H,8-9H2;1H/t13-,14+,15+;/m0./s1. The summed E-state index contributed by atoms with van der Waals surface area (Å²) in [5, 5.41) is 3.48. The molecule has 0 bridgehead atoms. The Morgan fingerprint density at radius 2 is 2.05 bits per heavy atom. The molecule has 1 aromatic heterocycles. The predicted molar refractivity (Wildman–Crippen MR) is 78.4 cm³/mol. The van der Waals surface area contributed by atoms with E-state index in [1.807, 2.05) is 0 Å². The molecule has 0 aliphatic heterocycles. The van der Waals surface area contributed by atoms with E-state index in [2.05, 4.69) is 34.6 Å². The van der Waals surface area contributed by atoms with Gasteiger partial charge in [0.15, 0.2) is 0 Å². The van der Waals surface area contributed by atoms with E-state index in [1.165, 1.54) is 17.3 Å². The first-order valence-corrected chi connectivity index (χ1v) is 6.75. The molecule has 1 N–H and O–H groups in total. The summed E-state index contributed by atoms with van der Waals surface area (Å²) in [5.41, 5.74) is 3.63. The van der Waals surface area contributed by atoms with Gasteiger partial charge in [-0.25, -0.2) is 4.98 Å². The third-order valence-electron chi connectivity index (χ3n) is 4.40. The Hall–Kier alpha value is -1.45. The molecular formula is C16H16ClFN2. The lowest BCUT2D eigenvalue weighted by Crippen LogP contribution is -2.21. The molecule has 0 radical (unpaired) electrons. The molecule has 2 nitrogen and oxygen atoms in total. The average Bonchev–Trinajstić information content (AvgIpc) is 2.97. The van der Waals surface area contributed by atoms with Gasteiger partial charge in [0, 0.05) is 30.3 Å². The molecule has 0 saturated heterocycles. The lowest BCUT2D eigenvalue weighted by Gasteiger charge is -2.09. The number of pyridine rings is 1. The molecule has 0 amide bonds. The van der Waals surface area contributed by atoms with Gasteiger partial charge < -0.3 is 5.32 Å². The molecule has 20 heavy (non-hydrogen) atoms. The van der Waals surface area contributed by atoms with Gasteiger partial charge in [-0.05, 0) is 29.5 Å². The second-order valence-electron chi connectivity index (χ2n) is 5.45. The highest BCUT2D eigenvalue weighted by Crippen LogP contribution is 2.56. The van der Waals surface area contributed by atoms with Gasteiger partial charge in [-0.2, -0.15) is 4.39 Å². The molecule has 2 aromatic rings. The first-order valence-electron chi connectivity index (χ1n) is 6.75. The molecule has 2 aliphatic carbocycles. The van der Waals surface area contributed by atoms with Crippen molar-refractivity contribution in [2.75, 3.05) is 0 Å². The lowest BCUT2D eigenvalue weighted by molar-refractivity contribution is 0.542. The van der Waals surface area contributed by atoms with Crippen molar-refractivity contribution in [2.45, 2.75) is 24.9 Å². The van der Waals surface area contributed by atoms with Gasteiger partial charge in [0.2, 0.25) is 5.95 Å². The van der Waals surface area contributed by atoms with Crippen molar-refractivity contribution in [1.82, 2.24) is 10.3 Å². The number of nitrogens with one attached hydrogen (secondary N) is 1. The smallest absolute Gasteiger partial charge is 0.217 e. The topological polar surface area (TPSA) is 24.9 Å². The number of aromatic nitrogens is 1. The summed E-state index contributed by atoms with van der Waals surface area (Å²) in [5.74, 6) is 0.981. The van der Waals surface area contributed by atoms with Gasteiger partial charge in [-0.1, -0.05) is 30.3 Å². The summed E-state index contributed by atoms with van der Waals surface area (Å²) in [7, 11) is 0. The van der Waals surface area contributed by atoms with E-state index >= 15 is 0 Å². The van der Waals surface area contributed by atoms with Crippen molar-refractivity contribution < 1.29 is 4.39 Å². The zero-order chi connectivity index (χ0) is 12.8. The zero-order valence-electron chi connectivity index (χ0n) is 10.9. The minimum absolute atomic E-state index is 0. The molecule has 3 atom stereocenters. The number of hydrogen-bond donors (Lipinski definition) is 1. The SMILES string of the molecule is Cl.Fc1ncccc1CN[C@@H]1[C@H]2Cc3ccccc3[C@H]21. The Bertz CT molecular complexity index is 631. The number of nitrogens with zero attached hydrogens (tertiary/aromatic N) is 1. The molecule has 1 fully saturated rings. The number of rotatable bonds is 3. The van der Waals surface area contributed by atoms with E-state index in [-0.39, 0.29) is 18.4 Å². The van der Waals surface area contributed by atoms with E-state index < -0.39 is 0 Å². The van der Waals surface area contributed by atoms with Gasteiger partial charge in [0.25, 0.3) is 0 Å². The highest BCUT2D eigenvalue weighted by Gasteiger charge is 2.55. The summed E-state index contributed by atoms with van der Waals surface area (Å²) < 4.78 is 13.4. The molecule has 1 heterocycles. The van der Waals surface area contributed by atoms with Crippen molar-refractivity contribution in [3.05, 3.63) is 65.2 Å². The van der Waals surface area contributed by atoms with Crippen LogP contribution in [0.25, 0.3) is 0 Å². The Balaban J connectivity index is 0.00000121. The molecule has 1 saturated carbocycles. The van der Waals surface area contributed by atoms with Crippen LogP contribution in [0.2, 0.25) is 0 Å². The van der Waals surface area contributed by atoms with Crippen LogP contribution < -0.4 is 5.32 Å². The van der Waals surface area contributed by atoms with Gasteiger partial charge in [0.05, 0.1) is 0 Å². The normalized spacial score (nSPS) is 25.6. The maximum absolute atomic E-state index is 13.4. The maximum atomic E-state index is 13.4. The fraction of sp³-hybridized carbons (Fsp3) is 0.312. The van der Waals surface area contributed by atoms with Gasteiger partial charge in [-0.15, -0.1) is 12.4 Å². The molecular weight excluding hydrogens is 275 g/mol. The van der Waals surface area contributed by atoms with Crippen LogP contribution in [0.1, 0.15) is 22.6 Å². The Labute approximate surface area is 123 Å². The fourth-order valence-corrected chi connectivity index (χ4v) is 3.41. The van der Waals surface area contributed by atoms with E-state index in [1.54, 1.807) is 12.1 Å². The van der Waals surface area contributed by atoms with Gasteiger partial charge in [0.1, 0.15) is 0 Å². The maximum Gasteiger partial charge on any atom is 0.217 e. The minimum atomic E-state index is -0.360. The van der Waals surface area contributed by atoms with Gasteiger partial charge in [-0.3, -0.25) is 0 Å². The molecule has 4 heteroatoms. The molecule has 1 aromatic carbocycles. The van der Waals surface area contributed by atoms with Crippen LogP contribution in [-0.4, -0.2) is 11.0 Å². The summed E-state index contributed by atoms with van der Waals surface area (Å²) in [6, 6.07) is 12.7. The van der Waals surface area contributed by atoms with Crippen LogP contribution in [0, 0.1) is 11.9 Å². The minimum Gasteiger partial charge on any atom is -0.309 e. The van der Waals surface area contributed by atoms with Crippen molar-refractivity contribution in [1.29, 1.82) is 0 Å². The molecule has 4 rings (SSSR count). The van der Waals surface area contributed by atoms with Crippen LogP contribution in [0.4, 0.5) is 4.39 Å². The Morgan fingerprint density at radius 3 is 2.90 bits per heavy atom. The van der Waals surface area contributed by atoms with Crippen LogP contribution in [0.15, 0.2) is 42.6 Å². The summed E-state index contributed by atoms with van der Waals surface area (Å²) in [6.07, 6.45) is 2.65. The highest BCUT2D eigenvalue weighted by atomic mass is 35.5. The van der Waals surface area contributed by atoms with Crippen molar-refractivity contribution in [3.8, 4) is 0 Å². The first-order chi connectivity index (χ1) is 9.34. The monoisotopic (exact) mass is 290 g/mol. The van der Waals surface area contributed by atoms with E-state index in [0.717, 1.165) is 6.42 Å². The fourth-order valence-electron chi connectivity index (χ4n) is 3.41. The van der Waals surface area contributed by atoms with Crippen molar-refractivity contribution >= 4 is 12.4 Å². The van der Waals surface area contributed by atoms with Gasteiger partial charge >= 0.3 is 0 Å². The first kappa shape index (κ1) is 13.5. The Kier molecular flexibility index (Phi) is 3.48. The zero-order valence-corrected chi connectivity index (χ0v) is 11.7. The number of hydrogen-bond acceptors (Lipinski definition) is 2. The van der Waals surface area contributed by atoms with Crippen molar-refractivity contribution in [3.63, 3.8) is 0 Å². The van der Waals surface area contributed by atoms with Crippen LogP contribution in [0.3, 0.4) is 0 Å². The molecule has 0 spiro atoms. The Morgan fingerprint density at radius 1 is 1.20 bits per heavy atom. The summed E-state index contributed by atoms with van der Waals surface area (Å²) >= 11 is 0. The molecule has 104 valence electrons. The average molecular weight is 291 g/mol. The number of fused-ring (bicyclic) bond motifs is 3. The predicted octanol–water partition coefficient (Wildman–Crippen LogP) is 3.07. The van der Waals surface area contributed by atoms with E-state index in [0.29, 0.717) is 30.0 Å². The number of benzene rings is 1. The second kappa shape index (κ2) is 5.15. The molecule has 2 aliphatic rings. The van der Waals surface area contributed by atoms with Crippen LogP contribution in [-0.2, 0) is 13.0 Å². The second-order valence-corrected chi connectivity index (χ2v) is 5.45. The molecule has 0 unspecified atom stereocenters. The van der Waals surface area contributed by atoms with E-state index in [4.69, 9.17) is 0 Å². The van der Waals surface area contributed by atoms with Crippen molar-refractivity contribution in [2.24, 2.45) is 5.92 Å². The third kappa shape index (κ3) is 2.11. The third-order valence-corrected chi connectivity index (χ3v) is 4.40. The van der Waals surface area contributed by atoms with Crippen LogP contribution >= 0.6 is 12.4 Å².